The van der Waals surface area contributed by atoms with E-state index in [2.05, 4.69) is 32.3 Å². The highest BCUT2D eigenvalue weighted by molar-refractivity contribution is 6.32. The summed E-state index contributed by atoms with van der Waals surface area (Å²) in [4.78, 5) is 10.7. The van der Waals surface area contributed by atoms with Gasteiger partial charge in [0.15, 0.2) is 5.82 Å². The van der Waals surface area contributed by atoms with Crippen LogP contribution in [0.4, 0.5) is 0 Å². The van der Waals surface area contributed by atoms with Crippen LogP contribution in [-0.2, 0) is 0 Å². The van der Waals surface area contributed by atoms with E-state index < -0.39 is 0 Å². The summed E-state index contributed by atoms with van der Waals surface area (Å²) in [7, 11) is 0. The third kappa shape index (κ3) is 2.67. The van der Waals surface area contributed by atoms with Crippen LogP contribution in [0.25, 0.3) is 11.5 Å². The molecular weight excluding hydrogens is 278 g/mol. The zero-order valence-electron chi connectivity index (χ0n) is 11.2. The fraction of sp³-hybridized carbons (Fsp3) is 0.462. The number of halogens is 1. The summed E-state index contributed by atoms with van der Waals surface area (Å²) in [5.41, 5.74) is 0.716. The van der Waals surface area contributed by atoms with Gasteiger partial charge in [0.05, 0.1) is 16.6 Å². The van der Waals surface area contributed by atoms with E-state index in [-0.39, 0.29) is 6.04 Å². The van der Waals surface area contributed by atoms with Gasteiger partial charge in [0.2, 0.25) is 0 Å². The Labute approximate surface area is 122 Å². The predicted octanol–water partition coefficient (Wildman–Crippen LogP) is 1.75. The molecule has 0 saturated carbocycles. The highest BCUT2D eigenvalue weighted by Gasteiger charge is 2.23. The van der Waals surface area contributed by atoms with Crippen molar-refractivity contribution in [2.75, 3.05) is 26.2 Å². The summed E-state index contributed by atoms with van der Waals surface area (Å²) in [6.45, 7) is 6.05. The second-order valence-electron chi connectivity index (χ2n) is 4.78. The lowest BCUT2D eigenvalue weighted by Crippen LogP contribution is -2.44. The van der Waals surface area contributed by atoms with Crippen molar-refractivity contribution >= 4 is 11.6 Å². The second-order valence-corrected chi connectivity index (χ2v) is 5.18. The van der Waals surface area contributed by atoms with Crippen LogP contribution >= 0.6 is 11.6 Å². The molecule has 1 N–H and O–H groups in total. The second kappa shape index (κ2) is 5.87. The van der Waals surface area contributed by atoms with Gasteiger partial charge in [-0.15, -0.1) is 0 Å². The van der Waals surface area contributed by atoms with Crippen LogP contribution in [0.2, 0.25) is 5.02 Å². The number of rotatable bonds is 3. The Morgan fingerprint density at radius 1 is 1.40 bits per heavy atom. The fourth-order valence-electron chi connectivity index (χ4n) is 2.30. The van der Waals surface area contributed by atoms with Crippen molar-refractivity contribution in [3.63, 3.8) is 0 Å². The molecule has 2 aromatic heterocycles. The van der Waals surface area contributed by atoms with Gasteiger partial charge in [-0.3, -0.25) is 9.88 Å². The lowest BCUT2D eigenvalue weighted by atomic mass is 10.2. The van der Waals surface area contributed by atoms with Crippen LogP contribution in [0.3, 0.4) is 0 Å². The molecule has 1 unspecified atom stereocenters. The van der Waals surface area contributed by atoms with Gasteiger partial charge in [0, 0.05) is 38.6 Å². The molecule has 1 atom stereocenters. The Bertz CT molecular complexity index is 582. The number of hydrogen-bond donors (Lipinski definition) is 1. The molecule has 1 fully saturated rings. The van der Waals surface area contributed by atoms with E-state index in [1.54, 1.807) is 18.5 Å². The summed E-state index contributed by atoms with van der Waals surface area (Å²) >= 11 is 6.09. The van der Waals surface area contributed by atoms with Gasteiger partial charge in [-0.1, -0.05) is 16.8 Å². The SMILES string of the molecule is CC(c1noc(-c2ccncc2Cl)n1)N1CCNCC1. The molecule has 20 heavy (non-hydrogen) atoms. The van der Waals surface area contributed by atoms with Gasteiger partial charge in [0.1, 0.15) is 0 Å². The molecule has 1 aliphatic rings. The van der Waals surface area contributed by atoms with Crippen LogP contribution in [0.1, 0.15) is 18.8 Å². The van der Waals surface area contributed by atoms with Crippen LogP contribution < -0.4 is 5.32 Å². The van der Waals surface area contributed by atoms with E-state index in [1.165, 1.54) is 0 Å². The Hall–Kier alpha value is -1.50. The first-order valence-electron chi connectivity index (χ1n) is 6.64. The summed E-state index contributed by atoms with van der Waals surface area (Å²) < 4.78 is 5.33. The predicted molar refractivity (Wildman–Crippen MR) is 75.4 cm³/mol. The minimum Gasteiger partial charge on any atom is -0.334 e. The Morgan fingerprint density at radius 3 is 2.95 bits per heavy atom. The first-order valence-corrected chi connectivity index (χ1v) is 7.02. The average Bonchev–Trinajstić information content (AvgIpc) is 2.97. The normalized spacial score (nSPS) is 18.1. The molecule has 6 nitrogen and oxygen atoms in total. The van der Waals surface area contributed by atoms with Crippen molar-refractivity contribution in [2.45, 2.75) is 13.0 Å². The lowest BCUT2D eigenvalue weighted by Gasteiger charge is -2.30. The van der Waals surface area contributed by atoms with E-state index in [4.69, 9.17) is 16.1 Å². The number of hydrogen-bond acceptors (Lipinski definition) is 6. The van der Waals surface area contributed by atoms with Crippen molar-refractivity contribution in [1.82, 2.24) is 25.3 Å². The van der Waals surface area contributed by atoms with Gasteiger partial charge >= 0.3 is 0 Å². The zero-order valence-corrected chi connectivity index (χ0v) is 12.0. The molecule has 3 heterocycles. The highest BCUT2D eigenvalue weighted by Crippen LogP contribution is 2.27. The van der Waals surface area contributed by atoms with Crippen LogP contribution in [0.15, 0.2) is 23.0 Å². The molecule has 2 aromatic rings. The van der Waals surface area contributed by atoms with E-state index in [0.717, 1.165) is 26.2 Å². The molecule has 0 spiro atoms. The van der Waals surface area contributed by atoms with Gasteiger partial charge in [-0.2, -0.15) is 4.98 Å². The first-order chi connectivity index (χ1) is 9.75. The molecular formula is C13H16ClN5O. The first kappa shape index (κ1) is 13.5. The third-order valence-electron chi connectivity index (χ3n) is 3.52. The summed E-state index contributed by atoms with van der Waals surface area (Å²) in [6.07, 6.45) is 3.23. The number of nitrogens with one attached hydrogen (secondary N) is 1. The molecule has 3 rings (SSSR count). The van der Waals surface area contributed by atoms with Crippen LogP contribution in [0, 0.1) is 0 Å². The highest BCUT2D eigenvalue weighted by atomic mass is 35.5. The standard InChI is InChI=1S/C13H16ClN5O/c1-9(19-6-4-15-5-7-19)12-17-13(20-18-12)10-2-3-16-8-11(10)14/h2-3,8-9,15H,4-7H2,1H3. The number of piperazine rings is 1. The number of pyridine rings is 1. The topological polar surface area (TPSA) is 67.1 Å². The van der Waals surface area contributed by atoms with E-state index >= 15 is 0 Å². The smallest absolute Gasteiger partial charge is 0.259 e. The lowest BCUT2D eigenvalue weighted by molar-refractivity contribution is 0.176. The molecule has 0 aromatic carbocycles. The molecule has 0 aliphatic carbocycles. The van der Waals surface area contributed by atoms with Gasteiger partial charge in [-0.05, 0) is 13.0 Å². The largest absolute Gasteiger partial charge is 0.334 e. The summed E-state index contributed by atoms with van der Waals surface area (Å²) in [6, 6.07) is 1.91. The quantitative estimate of drug-likeness (QED) is 0.930. The van der Waals surface area contributed by atoms with E-state index in [1.807, 2.05) is 0 Å². The third-order valence-corrected chi connectivity index (χ3v) is 3.82. The number of nitrogens with zero attached hydrogens (tertiary/aromatic N) is 4. The van der Waals surface area contributed by atoms with Gasteiger partial charge < -0.3 is 9.84 Å². The molecule has 0 amide bonds. The molecule has 0 radical (unpaired) electrons. The zero-order chi connectivity index (χ0) is 13.9. The maximum Gasteiger partial charge on any atom is 0.259 e. The molecule has 0 bridgehead atoms. The minimum atomic E-state index is 0.134. The average molecular weight is 294 g/mol. The van der Waals surface area contributed by atoms with Crippen molar-refractivity contribution in [1.29, 1.82) is 0 Å². The summed E-state index contributed by atoms with van der Waals surface area (Å²) in [5.74, 6) is 1.13. The van der Waals surface area contributed by atoms with Crippen LogP contribution in [0.5, 0.6) is 0 Å². The van der Waals surface area contributed by atoms with Crippen molar-refractivity contribution in [2.24, 2.45) is 0 Å². The van der Waals surface area contributed by atoms with Crippen LogP contribution in [-0.4, -0.2) is 46.2 Å². The monoisotopic (exact) mass is 293 g/mol. The summed E-state index contributed by atoms with van der Waals surface area (Å²) in [5, 5.41) is 7.92. The molecule has 7 heteroatoms. The molecule has 106 valence electrons. The Kier molecular flexibility index (Phi) is 3.95. The minimum absolute atomic E-state index is 0.134. The van der Waals surface area contributed by atoms with Crippen molar-refractivity contribution in [3.8, 4) is 11.5 Å². The van der Waals surface area contributed by atoms with Crippen molar-refractivity contribution < 1.29 is 4.52 Å². The Morgan fingerprint density at radius 2 is 2.20 bits per heavy atom. The Balaban J connectivity index is 1.81. The van der Waals surface area contributed by atoms with E-state index in [0.29, 0.717) is 22.3 Å². The van der Waals surface area contributed by atoms with Gasteiger partial charge in [0.25, 0.3) is 5.89 Å². The van der Waals surface area contributed by atoms with Crippen molar-refractivity contribution in [3.05, 3.63) is 29.3 Å². The maximum absolute atomic E-state index is 6.09. The fourth-order valence-corrected chi connectivity index (χ4v) is 2.50. The van der Waals surface area contributed by atoms with Gasteiger partial charge in [-0.25, -0.2) is 0 Å². The maximum atomic E-state index is 6.09. The molecule has 1 saturated heterocycles. The van der Waals surface area contributed by atoms with E-state index in [9.17, 15) is 0 Å². The molecule has 1 aliphatic heterocycles. The number of aromatic nitrogens is 3.